The molecule has 276 valence electrons. The van der Waals surface area contributed by atoms with Gasteiger partial charge in [0.2, 0.25) is 11.8 Å². The number of hydrogen-bond donors (Lipinski definition) is 3. The van der Waals surface area contributed by atoms with Crippen LogP contribution in [0.25, 0.3) is 0 Å². The molecule has 54 heavy (non-hydrogen) atoms. The summed E-state index contributed by atoms with van der Waals surface area (Å²) in [4.78, 5) is 59.8. The fourth-order valence-corrected chi connectivity index (χ4v) is 9.36. The van der Waals surface area contributed by atoms with Crippen LogP contribution in [0.15, 0.2) is 103 Å². The minimum absolute atomic E-state index is 0.0645. The number of allylic oxidation sites excluding steroid dienone is 2. The summed E-state index contributed by atoms with van der Waals surface area (Å²) in [5.41, 5.74) is 3.93. The highest BCUT2D eigenvalue weighted by Crippen LogP contribution is 2.65. The lowest BCUT2D eigenvalue weighted by Gasteiger charge is -2.50. The molecule has 3 fully saturated rings. The number of aromatic hydroxyl groups is 2. The Labute approximate surface area is 315 Å². The number of amides is 4. The fraction of sp³-hybridized carbons (Fsp3) is 0.286. The molecule has 4 aromatic carbocycles. The quantitative estimate of drug-likeness (QED) is 0.130. The topological polar surface area (TPSA) is 136 Å². The second-order valence-corrected chi connectivity index (χ2v) is 14.7. The van der Waals surface area contributed by atoms with Gasteiger partial charge in [-0.25, -0.2) is 4.39 Å². The first-order valence-electron chi connectivity index (χ1n) is 18.0. The summed E-state index contributed by atoms with van der Waals surface area (Å²) in [5.74, 6) is -6.32. The molecule has 3 N–H and O–H groups in total. The number of hydrazine groups is 1. The summed E-state index contributed by atoms with van der Waals surface area (Å²) in [6.07, 6.45) is 2.59. The largest absolute Gasteiger partial charge is 0.508 e. The van der Waals surface area contributed by atoms with E-state index in [1.165, 1.54) is 29.2 Å². The van der Waals surface area contributed by atoms with E-state index in [0.717, 1.165) is 10.6 Å². The number of para-hydroxylation sites is 1. The number of phenols is 2. The van der Waals surface area contributed by atoms with Gasteiger partial charge in [0.15, 0.2) is 11.5 Å². The lowest BCUT2D eigenvalue weighted by molar-refractivity contribution is -0.141. The number of carbonyl (C=O) groups excluding carboxylic acids is 4. The second kappa shape index (κ2) is 13.6. The van der Waals surface area contributed by atoms with Crippen molar-refractivity contribution in [2.45, 2.75) is 37.5 Å². The third-order valence-corrected chi connectivity index (χ3v) is 11.8. The molecule has 2 heterocycles. The summed E-state index contributed by atoms with van der Waals surface area (Å²) in [6.45, 7) is 2.18. The normalized spacial score (nSPS) is 26.0. The molecule has 6 atom stereocenters. The number of benzene rings is 4. The number of phenolic OH excluding ortho intramolecular Hbond substituents is 2. The third-order valence-electron chi connectivity index (χ3n) is 11.5. The van der Waals surface area contributed by atoms with Crippen LogP contribution in [0.1, 0.15) is 42.4 Å². The molecule has 0 bridgehead atoms. The van der Waals surface area contributed by atoms with Gasteiger partial charge in [-0.3, -0.25) is 29.5 Å². The molecule has 6 unspecified atom stereocenters. The number of ether oxygens (including phenoxy) is 1. The van der Waals surface area contributed by atoms with E-state index in [9.17, 15) is 29.0 Å². The number of carbonyl (C=O) groups is 4. The highest BCUT2D eigenvalue weighted by molar-refractivity contribution is 6.30. The van der Waals surface area contributed by atoms with Gasteiger partial charge in [-0.2, -0.15) is 5.01 Å². The van der Waals surface area contributed by atoms with Crippen molar-refractivity contribution in [2.24, 2.45) is 23.7 Å². The number of rotatable bonds is 9. The second-order valence-electron chi connectivity index (χ2n) is 14.2. The van der Waals surface area contributed by atoms with Crippen molar-refractivity contribution in [3.63, 3.8) is 0 Å². The maximum atomic E-state index is 15.3. The number of nitrogens with one attached hydrogen (secondary N) is 1. The monoisotopic (exact) mass is 749 g/mol. The molecule has 8 rings (SSSR count). The molecule has 4 amide bonds. The predicted molar refractivity (Wildman–Crippen MR) is 197 cm³/mol. The SMILES string of the molecule is CCOc1cccc(C2C3=CCC4C(=O)N(CCc5ccc(O)cc5)C(=O)C4C3CC3C(=O)N(Nc4ccc(F)cc4)C(=O)C32c2ccc(Cl)cc2)c1O. The Bertz CT molecular complexity index is 2190. The average molecular weight is 750 g/mol. The molecule has 2 aliphatic heterocycles. The average Bonchev–Trinajstić information content (AvgIpc) is 3.54. The first-order chi connectivity index (χ1) is 26.0. The number of hydrogen-bond acceptors (Lipinski definition) is 8. The molecule has 10 nitrogen and oxygen atoms in total. The van der Waals surface area contributed by atoms with Gasteiger partial charge in [-0.1, -0.05) is 59.6 Å². The summed E-state index contributed by atoms with van der Waals surface area (Å²) < 4.78 is 19.7. The van der Waals surface area contributed by atoms with Crippen LogP contribution in [0.5, 0.6) is 17.2 Å². The van der Waals surface area contributed by atoms with Crippen molar-refractivity contribution in [3.05, 3.63) is 130 Å². The van der Waals surface area contributed by atoms with Gasteiger partial charge in [0.05, 0.1) is 35.5 Å². The van der Waals surface area contributed by atoms with Crippen LogP contribution in [-0.4, -0.2) is 56.9 Å². The van der Waals surface area contributed by atoms with Crippen molar-refractivity contribution in [1.29, 1.82) is 0 Å². The molecule has 12 heteroatoms. The molecule has 2 aliphatic carbocycles. The van der Waals surface area contributed by atoms with Crippen molar-refractivity contribution in [1.82, 2.24) is 9.91 Å². The minimum atomic E-state index is -1.64. The molecule has 1 saturated carbocycles. The van der Waals surface area contributed by atoms with Crippen LogP contribution in [-0.2, 0) is 31.0 Å². The van der Waals surface area contributed by atoms with Crippen molar-refractivity contribution < 1.29 is 38.5 Å². The number of likely N-dealkylation sites (tertiary alicyclic amines) is 1. The number of nitrogens with zero attached hydrogens (tertiary/aromatic N) is 2. The number of imide groups is 2. The standard InChI is InChI=1S/C42H37ClFN3O7/c1-2-54-34-5-3-4-31(37(34)49)36-29-18-19-30-35(40(52)46(38(30)50)21-20-23-6-16-28(48)17-7-23)32(29)22-33-39(51)47(45-27-14-12-26(44)13-15-27)41(53)42(33,36)24-8-10-25(43)11-9-24/h3-18,30,32-33,35-36,45,48-49H,2,19-22H2,1H3. The van der Waals surface area contributed by atoms with E-state index in [1.54, 1.807) is 73.7 Å². The van der Waals surface area contributed by atoms with E-state index in [0.29, 0.717) is 33.8 Å². The molecular formula is C42H37ClFN3O7. The lowest BCUT2D eigenvalue weighted by Crippen LogP contribution is -2.53. The Morgan fingerprint density at radius 1 is 0.889 bits per heavy atom. The highest BCUT2D eigenvalue weighted by Gasteiger charge is 2.70. The Morgan fingerprint density at radius 2 is 1.61 bits per heavy atom. The van der Waals surface area contributed by atoms with Gasteiger partial charge in [0, 0.05) is 23.0 Å². The first-order valence-corrected chi connectivity index (χ1v) is 18.4. The van der Waals surface area contributed by atoms with Crippen LogP contribution >= 0.6 is 11.6 Å². The van der Waals surface area contributed by atoms with E-state index < -0.39 is 52.6 Å². The smallest absolute Gasteiger partial charge is 0.260 e. The van der Waals surface area contributed by atoms with Gasteiger partial charge < -0.3 is 14.9 Å². The van der Waals surface area contributed by atoms with E-state index >= 15 is 4.79 Å². The Kier molecular flexibility index (Phi) is 8.92. The number of anilines is 1. The molecule has 4 aromatic rings. The van der Waals surface area contributed by atoms with Gasteiger partial charge >= 0.3 is 0 Å². The Balaban J connectivity index is 1.28. The summed E-state index contributed by atoms with van der Waals surface area (Å²) >= 11 is 6.37. The summed E-state index contributed by atoms with van der Waals surface area (Å²) in [6, 6.07) is 23.6. The van der Waals surface area contributed by atoms with Crippen molar-refractivity contribution >= 4 is 40.9 Å². The van der Waals surface area contributed by atoms with Gasteiger partial charge in [-0.05, 0) is 97.8 Å². The van der Waals surface area contributed by atoms with Gasteiger partial charge in [-0.15, -0.1) is 0 Å². The van der Waals surface area contributed by atoms with E-state index in [4.69, 9.17) is 16.3 Å². The minimum Gasteiger partial charge on any atom is -0.508 e. The van der Waals surface area contributed by atoms with Gasteiger partial charge in [0.1, 0.15) is 11.6 Å². The number of fused-ring (bicyclic) bond motifs is 4. The third kappa shape index (κ3) is 5.52. The molecule has 2 saturated heterocycles. The van der Waals surface area contributed by atoms with Crippen LogP contribution in [0.3, 0.4) is 0 Å². The van der Waals surface area contributed by atoms with Crippen LogP contribution in [0.2, 0.25) is 5.02 Å². The van der Waals surface area contributed by atoms with Crippen LogP contribution < -0.4 is 10.2 Å². The molecule has 0 spiro atoms. The maximum Gasteiger partial charge on any atom is 0.260 e. The van der Waals surface area contributed by atoms with Crippen molar-refractivity contribution in [2.75, 3.05) is 18.6 Å². The van der Waals surface area contributed by atoms with Crippen LogP contribution in [0.4, 0.5) is 10.1 Å². The molecule has 0 radical (unpaired) electrons. The Hall–Kier alpha value is -5.68. The predicted octanol–water partition coefficient (Wildman–Crippen LogP) is 6.52. The van der Waals surface area contributed by atoms with E-state index in [2.05, 4.69) is 5.43 Å². The first kappa shape index (κ1) is 35.4. The molecular weight excluding hydrogens is 713 g/mol. The van der Waals surface area contributed by atoms with Crippen LogP contribution in [0, 0.1) is 29.5 Å². The zero-order valence-corrected chi connectivity index (χ0v) is 30.0. The number of halogens is 2. The highest BCUT2D eigenvalue weighted by atomic mass is 35.5. The van der Waals surface area contributed by atoms with E-state index in [1.807, 2.05) is 6.08 Å². The van der Waals surface area contributed by atoms with Crippen molar-refractivity contribution in [3.8, 4) is 17.2 Å². The summed E-state index contributed by atoms with van der Waals surface area (Å²) in [5, 5.41) is 23.0. The fourth-order valence-electron chi connectivity index (χ4n) is 9.23. The zero-order chi connectivity index (χ0) is 37.9. The lowest BCUT2D eigenvalue weighted by atomic mass is 9.49. The molecule has 4 aliphatic rings. The zero-order valence-electron chi connectivity index (χ0n) is 29.2. The maximum absolute atomic E-state index is 15.3. The molecule has 0 aromatic heterocycles. The van der Waals surface area contributed by atoms with Gasteiger partial charge in [0.25, 0.3) is 11.8 Å². The Morgan fingerprint density at radius 3 is 2.31 bits per heavy atom. The van der Waals surface area contributed by atoms with E-state index in [-0.39, 0.29) is 55.1 Å². The summed E-state index contributed by atoms with van der Waals surface area (Å²) in [7, 11) is 0.